The number of hydrogen-bond acceptors (Lipinski definition) is 12. The third-order valence-corrected chi connectivity index (χ3v) is 5.94. The van der Waals surface area contributed by atoms with Crippen molar-refractivity contribution in [2.75, 3.05) is 0 Å². The highest BCUT2D eigenvalue weighted by molar-refractivity contribution is 7.81. The van der Waals surface area contributed by atoms with Gasteiger partial charge in [0.1, 0.15) is 52.6 Å². The van der Waals surface area contributed by atoms with Crippen molar-refractivity contribution < 1.29 is 56.9 Å². The highest BCUT2D eigenvalue weighted by atomic mass is 32.3. The van der Waals surface area contributed by atoms with Crippen LogP contribution < -0.4 is 9.61 Å². The van der Waals surface area contributed by atoms with Gasteiger partial charge in [0.15, 0.2) is 11.5 Å². The molecule has 0 radical (unpaired) electrons. The zero-order chi connectivity index (χ0) is 25.8. The summed E-state index contributed by atoms with van der Waals surface area (Å²) in [4.78, 5) is 13.5. The van der Waals surface area contributed by atoms with Gasteiger partial charge < -0.3 is 44.0 Å². The van der Waals surface area contributed by atoms with E-state index in [1.807, 2.05) is 0 Å². The predicted octanol–water partition coefficient (Wildman–Crippen LogP) is 0.301. The third kappa shape index (κ3) is 4.50. The molecular weight excluding hydrogens is 492 g/mol. The molecule has 14 heteroatoms. The topological polar surface area (TPSA) is 224 Å². The Balaban J connectivity index is 2.04. The number of phenolic OH excluding ortho intramolecular Hbond substituents is 3. The Hall–Kier alpha value is -3.40. The van der Waals surface area contributed by atoms with E-state index in [0.29, 0.717) is 0 Å². The molecule has 0 bridgehead atoms. The van der Waals surface area contributed by atoms with E-state index in [4.69, 9.17) is 13.7 Å². The van der Waals surface area contributed by atoms with E-state index in [-0.39, 0.29) is 16.9 Å². The van der Waals surface area contributed by atoms with Crippen LogP contribution in [0.5, 0.6) is 23.0 Å². The maximum atomic E-state index is 13.5. The number of fused-ring (bicyclic) bond motifs is 1. The third-order valence-electron chi connectivity index (χ3n) is 5.55. The summed E-state index contributed by atoms with van der Waals surface area (Å²) >= 11 is 0. The van der Waals surface area contributed by atoms with E-state index in [0.717, 1.165) is 24.3 Å². The van der Waals surface area contributed by atoms with Gasteiger partial charge in [0.05, 0.1) is 11.7 Å². The van der Waals surface area contributed by atoms with Crippen molar-refractivity contribution in [2.24, 2.45) is 0 Å². The zero-order valence-electron chi connectivity index (χ0n) is 17.8. The van der Waals surface area contributed by atoms with Gasteiger partial charge in [-0.3, -0.25) is 9.35 Å². The molecular formula is C21H20O13S. The monoisotopic (exact) mass is 512 g/mol. The van der Waals surface area contributed by atoms with E-state index >= 15 is 0 Å². The molecule has 7 N–H and O–H groups in total. The number of benzene rings is 2. The Kier molecular flexibility index (Phi) is 6.12. The number of ether oxygens (including phenoxy) is 1. The molecule has 5 atom stereocenters. The smallest absolute Gasteiger partial charge is 0.446 e. The minimum atomic E-state index is -5.06. The number of aromatic hydroxyl groups is 3. The van der Waals surface area contributed by atoms with E-state index in [1.54, 1.807) is 0 Å². The van der Waals surface area contributed by atoms with Gasteiger partial charge in [-0.1, -0.05) is 0 Å². The fraction of sp³-hybridized carbons (Fsp3) is 0.286. The molecule has 3 aromatic rings. The summed E-state index contributed by atoms with van der Waals surface area (Å²) in [5, 5.41) is 60.5. The van der Waals surface area contributed by atoms with Gasteiger partial charge >= 0.3 is 10.4 Å². The van der Waals surface area contributed by atoms with Crippen molar-refractivity contribution in [3.63, 3.8) is 0 Å². The molecule has 1 aliphatic rings. The number of rotatable bonds is 4. The lowest BCUT2D eigenvalue weighted by Crippen LogP contribution is -2.53. The van der Waals surface area contributed by atoms with Crippen molar-refractivity contribution in [2.45, 2.75) is 37.4 Å². The average molecular weight is 512 g/mol. The molecule has 0 amide bonds. The molecule has 188 valence electrons. The van der Waals surface area contributed by atoms with Crippen molar-refractivity contribution in [1.29, 1.82) is 0 Å². The quantitative estimate of drug-likeness (QED) is 0.234. The summed E-state index contributed by atoms with van der Waals surface area (Å²) in [6.45, 7) is 1.38. The first-order valence-corrected chi connectivity index (χ1v) is 11.4. The van der Waals surface area contributed by atoms with Crippen LogP contribution in [0.3, 0.4) is 0 Å². The van der Waals surface area contributed by atoms with Gasteiger partial charge in [-0.2, -0.15) is 8.42 Å². The average Bonchev–Trinajstić information content (AvgIpc) is 2.75. The Morgan fingerprint density at radius 1 is 0.943 bits per heavy atom. The number of aliphatic hydroxyl groups is 3. The molecule has 0 unspecified atom stereocenters. The van der Waals surface area contributed by atoms with Gasteiger partial charge in [-0.25, -0.2) is 0 Å². The molecule has 0 aliphatic carbocycles. The van der Waals surface area contributed by atoms with Crippen LogP contribution in [0, 0.1) is 0 Å². The largest absolute Gasteiger partial charge is 0.508 e. The summed E-state index contributed by atoms with van der Waals surface area (Å²) < 4.78 is 47.0. The van der Waals surface area contributed by atoms with Crippen LogP contribution in [0.25, 0.3) is 22.3 Å². The van der Waals surface area contributed by atoms with Crippen molar-refractivity contribution >= 4 is 21.4 Å². The Bertz CT molecular complexity index is 1460. The lowest BCUT2D eigenvalue weighted by atomic mass is 9.89. The molecule has 0 saturated carbocycles. The first kappa shape index (κ1) is 24.7. The maximum absolute atomic E-state index is 13.5. The lowest BCUT2D eigenvalue weighted by Gasteiger charge is -2.39. The summed E-state index contributed by atoms with van der Waals surface area (Å²) in [7, 11) is -5.06. The Labute approximate surface area is 196 Å². The normalized spacial score (nSPS) is 25.0. The summed E-state index contributed by atoms with van der Waals surface area (Å²) in [6.07, 6.45) is -7.74. The Morgan fingerprint density at radius 3 is 2.29 bits per heavy atom. The first-order chi connectivity index (χ1) is 16.3. The second-order valence-corrected chi connectivity index (χ2v) is 8.96. The molecule has 1 aliphatic heterocycles. The fourth-order valence-electron chi connectivity index (χ4n) is 3.90. The summed E-state index contributed by atoms with van der Waals surface area (Å²) in [5.41, 5.74) is -1.81. The Morgan fingerprint density at radius 2 is 1.63 bits per heavy atom. The molecule has 2 heterocycles. The molecule has 2 aromatic carbocycles. The van der Waals surface area contributed by atoms with Gasteiger partial charge in [0.25, 0.3) is 0 Å². The minimum Gasteiger partial charge on any atom is -0.508 e. The van der Waals surface area contributed by atoms with E-state index in [2.05, 4.69) is 4.18 Å². The van der Waals surface area contributed by atoms with Crippen LogP contribution in [-0.2, 0) is 15.1 Å². The van der Waals surface area contributed by atoms with Gasteiger partial charge in [-0.15, -0.1) is 0 Å². The molecule has 13 nitrogen and oxygen atoms in total. The molecule has 1 aromatic heterocycles. The second kappa shape index (κ2) is 8.67. The maximum Gasteiger partial charge on any atom is 0.446 e. The fourth-order valence-corrected chi connectivity index (χ4v) is 4.26. The molecule has 0 spiro atoms. The summed E-state index contributed by atoms with van der Waals surface area (Å²) in [5.74, 6) is -2.95. The number of aliphatic hydroxyl groups excluding tert-OH is 3. The standard InChI is InChI=1S/C21H20O13S/c1-7-16(25)18(27)19(28)21(32-7)15-17(26)14-11(24)5-9(22)6-13(14)33-20(15)8-2-3-10(23)12(4-8)34-35(29,30)31/h2-7,16,18-19,21-25,27-28H,1H3,(H,29,30,31)/t7-,16-,18+,19+,21-/m0/s1. The van der Waals surface area contributed by atoms with Gasteiger partial charge in [-0.05, 0) is 25.1 Å². The van der Waals surface area contributed by atoms with E-state index in [1.165, 1.54) is 13.0 Å². The van der Waals surface area contributed by atoms with E-state index < -0.39 is 80.3 Å². The van der Waals surface area contributed by atoms with Crippen LogP contribution >= 0.6 is 0 Å². The lowest BCUT2D eigenvalue weighted by molar-refractivity contribution is -0.219. The highest BCUT2D eigenvalue weighted by Gasteiger charge is 2.45. The number of phenols is 3. The zero-order valence-corrected chi connectivity index (χ0v) is 18.6. The van der Waals surface area contributed by atoms with E-state index in [9.17, 15) is 43.9 Å². The molecule has 1 saturated heterocycles. The van der Waals surface area contributed by atoms with Crippen LogP contribution in [0.15, 0.2) is 39.5 Å². The predicted molar refractivity (Wildman–Crippen MR) is 116 cm³/mol. The number of hydrogen-bond donors (Lipinski definition) is 7. The van der Waals surface area contributed by atoms with Crippen LogP contribution in [0.1, 0.15) is 18.6 Å². The SMILES string of the molecule is C[C@@H]1O[C@@H](c2c(-c3ccc(O)c(OS(=O)(=O)O)c3)oc3cc(O)cc(O)c3c2=O)[C@H](O)[C@H](O)[C@H]1O. The second-order valence-electron chi connectivity index (χ2n) is 7.94. The van der Waals surface area contributed by atoms with Crippen LogP contribution in [-0.4, -0.2) is 68.0 Å². The minimum absolute atomic E-state index is 0.123. The van der Waals surface area contributed by atoms with Crippen LogP contribution in [0.4, 0.5) is 0 Å². The van der Waals surface area contributed by atoms with Gasteiger partial charge in [0, 0.05) is 17.7 Å². The van der Waals surface area contributed by atoms with Crippen molar-refractivity contribution in [3.8, 4) is 34.3 Å². The van der Waals surface area contributed by atoms with Gasteiger partial charge in [0.2, 0.25) is 5.43 Å². The molecule has 35 heavy (non-hydrogen) atoms. The summed E-state index contributed by atoms with van der Waals surface area (Å²) in [6, 6.07) is 4.92. The molecule has 4 rings (SSSR count). The first-order valence-electron chi connectivity index (χ1n) is 10.0. The molecule has 1 fully saturated rings. The van der Waals surface area contributed by atoms with Crippen molar-refractivity contribution in [3.05, 3.63) is 46.1 Å². The van der Waals surface area contributed by atoms with Crippen molar-refractivity contribution in [1.82, 2.24) is 0 Å². The highest BCUT2D eigenvalue weighted by Crippen LogP contribution is 2.41. The van der Waals surface area contributed by atoms with Crippen LogP contribution in [0.2, 0.25) is 0 Å².